The molecule has 2 aromatic rings. The lowest BCUT2D eigenvalue weighted by molar-refractivity contribution is 0.0914. The summed E-state index contributed by atoms with van der Waals surface area (Å²) < 4.78 is 0. The number of hydrogen-bond acceptors (Lipinski definition) is 2. The molecule has 0 saturated heterocycles. The molecule has 4 rings (SSSR count). The van der Waals surface area contributed by atoms with Crippen LogP contribution in [0.25, 0.3) is 22.3 Å². The quantitative estimate of drug-likeness (QED) is 0.604. The minimum atomic E-state index is -0.422. The Morgan fingerprint density at radius 2 is 2.00 bits per heavy atom. The van der Waals surface area contributed by atoms with E-state index in [1.807, 2.05) is 50.2 Å². The lowest BCUT2D eigenvalue weighted by atomic mass is 9.94. The number of hydrogen-bond donors (Lipinski definition) is 2. The Bertz CT molecular complexity index is 862. The first-order valence-corrected chi connectivity index (χ1v) is 6.97. The first kappa shape index (κ1) is 12.1. The summed E-state index contributed by atoms with van der Waals surface area (Å²) in [6.07, 6.45) is 1.76. The Morgan fingerprint density at radius 3 is 2.76 bits per heavy atom. The standard InChI is InChI=1S/C17H15N3O/c1-17(2,10-6-4-3-5-7-10)20-16(21)12-9-18-14-11(12)8-13-15(14)19-13/h3-9,18H,1-2H3,(H,20,21). The van der Waals surface area contributed by atoms with E-state index in [9.17, 15) is 4.79 Å². The van der Waals surface area contributed by atoms with Crippen molar-refractivity contribution in [1.29, 1.82) is 0 Å². The molecule has 0 atom stereocenters. The molecular formula is C17H15N3O. The Morgan fingerprint density at radius 1 is 1.24 bits per heavy atom. The van der Waals surface area contributed by atoms with E-state index in [0.717, 1.165) is 27.9 Å². The number of H-pyrrole nitrogens is 1. The molecule has 1 aliphatic heterocycles. The van der Waals surface area contributed by atoms with Crippen LogP contribution < -0.4 is 5.32 Å². The van der Waals surface area contributed by atoms with Gasteiger partial charge in [-0.05, 0) is 25.5 Å². The van der Waals surface area contributed by atoms with Gasteiger partial charge in [-0.1, -0.05) is 30.3 Å². The van der Waals surface area contributed by atoms with Gasteiger partial charge in [0.2, 0.25) is 0 Å². The van der Waals surface area contributed by atoms with Crippen LogP contribution in [0.15, 0.2) is 42.6 Å². The Kier molecular flexibility index (Phi) is 2.28. The fourth-order valence-electron chi connectivity index (χ4n) is 2.76. The summed E-state index contributed by atoms with van der Waals surface area (Å²) in [6, 6.07) is 11.9. The second-order valence-electron chi connectivity index (χ2n) is 5.93. The van der Waals surface area contributed by atoms with Crippen molar-refractivity contribution in [3.05, 3.63) is 53.7 Å². The molecule has 21 heavy (non-hydrogen) atoms. The molecule has 0 bridgehead atoms. The third kappa shape index (κ3) is 1.83. The molecule has 4 heteroatoms. The minimum Gasteiger partial charge on any atom is -0.359 e. The molecule has 2 heterocycles. The van der Waals surface area contributed by atoms with Crippen molar-refractivity contribution in [3.63, 3.8) is 0 Å². The number of carbonyl (C=O) groups is 1. The Hall–Kier alpha value is -2.62. The van der Waals surface area contributed by atoms with Crippen LogP contribution >= 0.6 is 0 Å². The molecule has 4 nitrogen and oxygen atoms in total. The number of carbonyl (C=O) groups excluding carboxylic acids is 1. The van der Waals surface area contributed by atoms with Crippen molar-refractivity contribution >= 4 is 16.8 Å². The number of nitrogens with zero attached hydrogens (tertiary/aromatic N) is 1. The number of pyridine rings is 1. The maximum Gasteiger partial charge on any atom is 0.254 e. The van der Waals surface area contributed by atoms with Gasteiger partial charge in [-0.3, -0.25) is 4.79 Å². The summed E-state index contributed by atoms with van der Waals surface area (Å²) in [5, 5.41) is 4.06. The second kappa shape index (κ2) is 3.95. The predicted molar refractivity (Wildman–Crippen MR) is 82.0 cm³/mol. The van der Waals surface area contributed by atoms with E-state index < -0.39 is 5.54 Å². The first-order chi connectivity index (χ1) is 10.1. The van der Waals surface area contributed by atoms with Gasteiger partial charge in [-0.2, -0.15) is 0 Å². The lowest BCUT2D eigenvalue weighted by Gasteiger charge is -2.26. The molecule has 1 aliphatic carbocycles. The van der Waals surface area contributed by atoms with Gasteiger partial charge in [0.1, 0.15) is 5.69 Å². The third-order valence-electron chi connectivity index (χ3n) is 4.03. The molecule has 2 N–H and O–H groups in total. The molecule has 1 aromatic carbocycles. The van der Waals surface area contributed by atoms with Crippen molar-refractivity contribution in [2.75, 3.05) is 0 Å². The zero-order valence-electron chi connectivity index (χ0n) is 11.9. The lowest BCUT2D eigenvalue weighted by Crippen LogP contribution is -2.40. The van der Waals surface area contributed by atoms with Crippen LogP contribution in [0, 0.1) is 0 Å². The second-order valence-corrected chi connectivity index (χ2v) is 5.93. The number of benzene rings is 1. The minimum absolute atomic E-state index is 0.0693. The third-order valence-corrected chi connectivity index (χ3v) is 4.03. The van der Waals surface area contributed by atoms with Gasteiger partial charge in [-0.25, -0.2) is 4.98 Å². The van der Waals surface area contributed by atoms with Crippen molar-refractivity contribution in [3.8, 4) is 11.4 Å². The van der Waals surface area contributed by atoms with Crippen LogP contribution in [-0.2, 0) is 5.54 Å². The number of aromatic amines is 1. The normalized spacial score (nSPS) is 12.5. The molecule has 0 unspecified atom stereocenters. The molecular weight excluding hydrogens is 262 g/mol. The van der Waals surface area contributed by atoms with Crippen molar-refractivity contribution in [1.82, 2.24) is 15.3 Å². The molecule has 0 fully saturated rings. The predicted octanol–water partition coefficient (Wildman–Crippen LogP) is 3.21. The van der Waals surface area contributed by atoms with Gasteiger partial charge in [0.05, 0.1) is 22.3 Å². The molecule has 0 radical (unpaired) electrons. The van der Waals surface area contributed by atoms with Gasteiger partial charge in [0, 0.05) is 11.6 Å². The maximum absolute atomic E-state index is 12.6. The summed E-state index contributed by atoms with van der Waals surface area (Å²) in [5.41, 5.74) is 4.29. The Labute approximate surface area is 122 Å². The van der Waals surface area contributed by atoms with Crippen LogP contribution in [-0.4, -0.2) is 15.9 Å². The SMILES string of the molecule is CC(C)(NC(=O)c1c[nH]c2c3nc-3cc12)c1ccccc1. The van der Waals surface area contributed by atoms with E-state index in [-0.39, 0.29) is 5.91 Å². The largest absolute Gasteiger partial charge is 0.359 e. The van der Waals surface area contributed by atoms with Gasteiger partial charge in [0.15, 0.2) is 0 Å². The van der Waals surface area contributed by atoms with Crippen LogP contribution in [0.2, 0.25) is 0 Å². The van der Waals surface area contributed by atoms with Crippen LogP contribution in [0.3, 0.4) is 0 Å². The molecule has 2 aliphatic rings. The summed E-state index contributed by atoms with van der Waals surface area (Å²) in [4.78, 5) is 19.9. The molecule has 1 amide bonds. The highest BCUT2D eigenvalue weighted by molar-refractivity contribution is 6.13. The van der Waals surface area contributed by atoms with E-state index in [1.165, 1.54) is 0 Å². The highest BCUT2D eigenvalue weighted by Gasteiger charge is 2.28. The fourth-order valence-corrected chi connectivity index (χ4v) is 2.76. The summed E-state index contributed by atoms with van der Waals surface area (Å²) in [7, 11) is 0. The van der Waals surface area contributed by atoms with Crippen molar-refractivity contribution in [2.24, 2.45) is 0 Å². The number of nitrogens with one attached hydrogen (secondary N) is 2. The number of amides is 1. The van der Waals surface area contributed by atoms with Crippen molar-refractivity contribution < 1.29 is 4.79 Å². The van der Waals surface area contributed by atoms with Crippen LogP contribution in [0.1, 0.15) is 29.8 Å². The average molecular weight is 277 g/mol. The average Bonchev–Trinajstić information content (AvgIpc) is 2.94. The molecule has 1 aromatic heterocycles. The topological polar surface area (TPSA) is 57.8 Å². The molecule has 0 spiro atoms. The number of aromatic nitrogens is 2. The summed E-state index contributed by atoms with van der Waals surface area (Å²) >= 11 is 0. The van der Waals surface area contributed by atoms with Gasteiger partial charge < -0.3 is 10.3 Å². The Balaban J connectivity index is 1.64. The molecule has 104 valence electrons. The van der Waals surface area contributed by atoms with Gasteiger partial charge >= 0.3 is 0 Å². The number of fused-ring (bicyclic) bond motifs is 3. The zero-order chi connectivity index (χ0) is 14.6. The van der Waals surface area contributed by atoms with Crippen LogP contribution in [0.4, 0.5) is 0 Å². The zero-order valence-corrected chi connectivity index (χ0v) is 11.9. The summed E-state index contributed by atoms with van der Waals surface area (Å²) in [5.74, 6) is -0.0693. The van der Waals surface area contributed by atoms with Crippen molar-refractivity contribution in [2.45, 2.75) is 19.4 Å². The number of rotatable bonds is 3. The van der Waals surface area contributed by atoms with E-state index in [0.29, 0.717) is 5.56 Å². The fraction of sp³-hybridized carbons (Fsp3) is 0.176. The van der Waals surface area contributed by atoms with E-state index in [2.05, 4.69) is 15.3 Å². The van der Waals surface area contributed by atoms with Gasteiger partial charge in [-0.15, -0.1) is 0 Å². The van der Waals surface area contributed by atoms with E-state index >= 15 is 0 Å². The van der Waals surface area contributed by atoms with Gasteiger partial charge in [0.25, 0.3) is 5.91 Å². The maximum atomic E-state index is 12.6. The highest BCUT2D eigenvalue weighted by Crippen LogP contribution is 2.39. The first-order valence-electron chi connectivity index (χ1n) is 6.97. The smallest absolute Gasteiger partial charge is 0.254 e. The van der Waals surface area contributed by atoms with E-state index in [1.54, 1.807) is 6.20 Å². The summed E-state index contributed by atoms with van der Waals surface area (Å²) in [6.45, 7) is 4.01. The van der Waals surface area contributed by atoms with Crippen LogP contribution in [0.5, 0.6) is 0 Å². The monoisotopic (exact) mass is 277 g/mol. The molecule has 0 saturated carbocycles. The van der Waals surface area contributed by atoms with E-state index in [4.69, 9.17) is 0 Å². The highest BCUT2D eigenvalue weighted by atomic mass is 16.1.